The summed E-state index contributed by atoms with van der Waals surface area (Å²) in [4.78, 5) is 19.7. The van der Waals surface area contributed by atoms with Gasteiger partial charge in [0.25, 0.3) is 5.91 Å². The van der Waals surface area contributed by atoms with Gasteiger partial charge in [0.1, 0.15) is 5.82 Å². The van der Waals surface area contributed by atoms with Crippen molar-refractivity contribution < 1.29 is 9.18 Å². The molecule has 0 saturated heterocycles. The number of carbonyl (C=O) groups is 1. The molecule has 1 aromatic heterocycles. The predicted octanol–water partition coefficient (Wildman–Crippen LogP) is 1.85. The van der Waals surface area contributed by atoms with Crippen LogP contribution in [-0.2, 0) is 0 Å². The Labute approximate surface area is 116 Å². The summed E-state index contributed by atoms with van der Waals surface area (Å²) < 4.78 is 13.3. The highest BCUT2D eigenvalue weighted by molar-refractivity contribution is 5.94. The maximum absolute atomic E-state index is 13.3. The van der Waals surface area contributed by atoms with Crippen LogP contribution in [0.1, 0.15) is 16.8 Å². The standard InChI is InChI=1S/C14H15FN4O/c15-12-6-2-1-5-11(12)13(20)16-7-3-8-17-14-18-9-4-10-19-14/h1-2,4-6,9-10H,3,7-8H2,(H,16,20)(H,17,18,19). The van der Waals surface area contributed by atoms with E-state index in [1.54, 1.807) is 30.6 Å². The molecule has 1 heterocycles. The molecule has 5 nitrogen and oxygen atoms in total. The van der Waals surface area contributed by atoms with E-state index in [9.17, 15) is 9.18 Å². The second-order valence-corrected chi connectivity index (χ2v) is 4.09. The highest BCUT2D eigenvalue weighted by Crippen LogP contribution is 2.05. The molecule has 0 aliphatic heterocycles. The number of carbonyl (C=O) groups excluding carboxylic acids is 1. The normalized spacial score (nSPS) is 10.1. The van der Waals surface area contributed by atoms with Gasteiger partial charge >= 0.3 is 0 Å². The van der Waals surface area contributed by atoms with E-state index in [1.807, 2.05) is 0 Å². The molecular weight excluding hydrogens is 259 g/mol. The van der Waals surface area contributed by atoms with Crippen molar-refractivity contribution in [1.29, 1.82) is 0 Å². The lowest BCUT2D eigenvalue weighted by Gasteiger charge is -2.07. The minimum atomic E-state index is -0.513. The zero-order valence-corrected chi connectivity index (χ0v) is 10.8. The molecule has 0 aliphatic rings. The van der Waals surface area contributed by atoms with Crippen molar-refractivity contribution in [1.82, 2.24) is 15.3 Å². The Hall–Kier alpha value is -2.50. The fourth-order valence-electron chi connectivity index (χ4n) is 1.62. The Morgan fingerprint density at radius 1 is 1.10 bits per heavy atom. The predicted molar refractivity (Wildman–Crippen MR) is 73.9 cm³/mol. The van der Waals surface area contributed by atoms with E-state index in [0.29, 0.717) is 25.5 Å². The summed E-state index contributed by atoms with van der Waals surface area (Å²) in [6, 6.07) is 7.64. The zero-order valence-electron chi connectivity index (χ0n) is 10.8. The van der Waals surface area contributed by atoms with Crippen LogP contribution >= 0.6 is 0 Å². The van der Waals surface area contributed by atoms with Crippen LogP contribution in [0.2, 0.25) is 0 Å². The van der Waals surface area contributed by atoms with Crippen molar-refractivity contribution in [2.45, 2.75) is 6.42 Å². The van der Waals surface area contributed by atoms with Crippen LogP contribution in [-0.4, -0.2) is 29.0 Å². The molecule has 0 atom stereocenters. The second-order valence-electron chi connectivity index (χ2n) is 4.09. The van der Waals surface area contributed by atoms with Crippen molar-refractivity contribution in [3.63, 3.8) is 0 Å². The van der Waals surface area contributed by atoms with Gasteiger partial charge in [-0.3, -0.25) is 4.79 Å². The molecule has 2 N–H and O–H groups in total. The Bertz CT molecular complexity index is 562. The molecular formula is C14H15FN4O. The smallest absolute Gasteiger partial charge is 0.254 e. The number of hydrogen-bond acceptors (Lipinski definition) is 4. The molecule has 0 aliphatic carbocycles. The van der Waals surface area contributed by atoms with Crippen LogP contribution in [0.3, 0.4) is 0 Å². The molecule has 0 bridgehead atoms. The van der Waals surface area contributed by atoms with Crippen molar-refractivity contribution >= 4 is 11.9 Å². The van der Waals surface area contributed by atoms with E-state index in [4.69, 9.17) is 0 Å². The number of halogens is 1. The molecule has 0 unspecified atom stereocenters. The van der Waals surface area contributed by atoms with Crippen LogP contribution in [0, 0.1) is 5.82 Å². The molecule has 6 heteroatoms. The van der Waals surface area contributed by atoms with Gasteiger partial charge in [-0.05, 0) is 24.6 Å². The maximum Gasteiger partial charge on any atom is 0.254 e. The first-order chi connectivity index (χ1) is 9.77. The third-order valence-corrected chi connectivity index (χ3v) is 2.61. The zero-order chi connectivity index (χ0) is 14.2. The molecule has 0 fully saturated rings. The van der Waals surface area contributed by atoms with E-state index < -0.39 is 11.7 Å². The van der Waals surface area contributed by atoms with E-state index in [0.717, 1.165) is 0 Å². The third kappa shape index (κ3) is 4.01. The number of hydrogen-bond donors (Lipinski definition) is 2. The van der Waals surface area contributed by atoms with Gasteiger partial charge in [0.2, 0.25) is 5.95 Å². The highest BCUT2D eigenvalue weighted by atomic mass is 19.1. The summed E-state index contributed by atoms with van der Waals surface area (Å²) in [5.41, 5.74) is 0.0619. The number of nitrogens with one attached hydrogen (secondary N) is 2. The Morgan fingerprint density at radius 2 is 1.85 bits per heavy atom. The molecule has 2 rings (SSSR count). The molecule has 1 amide bonds. The van der Waals surface area contributed by atoms with Crippen molar-refractivity contribution in [3.05, 3.63) is 54.1 Å². The average Bonchev–Trinajstić information content (AvgIpc) is 2.48. The molecule has 20 heavy (non-hydrogen) atoms. The minimum absolute atomic E-state index is 0.0619. The van der Waals surface area contributed by atoms with Gasteiger partial charge in [-0.1, -0.05) is 12.1 Å². The molecule has 0 radical (unpaired) electrons. The quantitative estimate of drug-likeness (QED) is 0.789. The van der Waals surface area contributed by atoms with Crippen molar-refractivity contribution in [2.75, 3.05) is 18.4 Å². The number of nitrogens with zero attached hydrogens (tertiary/aromatic N) is 2. The topological polar surface area (TPSA) is 66.9 Å². The summed E-state index contributed by atoms with van der Waals surface area (Å²) >= 11 is 0. The lowest BCUT2D eigenvalue weighted by atomic mass is 10.2. The van der Waals surface area contributed by atoms with Crippen LogP contribution in [0.15, 0.2) is 42.7 Å². The average molecular weight is 274 g/mol. The van der Waals surface area contributed by atoms with Gasteiger partial charge in [0, 0.05) is 25.5 Å². The number of rotatable bonds is 6. The monoisotopic (exact) mass is 274 g/mol. The van der Waals surface area contributed by atoms with Gasteiger partial charge in [-0.15, -0.1) is 0 Å². The van der Waals surface area contributed by atoms with Gasteiger partial charge in [0.15, 0.2) is 0 Å². The largest absolute Gasteiger partial charge is 0.354 e. The summed E-state index contributed by atoms with van der Waals surface area (Å²) in [6.07, 6.45) is 3.99. The lowest BCUT2D eigenvalue weighted by Crippen LogP contribution is -2.26. The van der Waals surface area contributed by atoms with E-state index in [1.165, 1.54) is 12.1 Å². The van der Waals surface area contributed by atoms with Gasteiger partial charge in [0.05, 0.1) is 5.56 Å². The summed E-state index contributed by atoms with van der Waals surface area (Å²) in [6.45, 7) is 1.08. The van der Waals surface area contributed by atoms with Crippen LogP contribution in [0.4, 0.5) is 10.3 Å². The first-order valence-corrected chi connectivity index (χ1v) is 6.31. The Balaban J connectivity index is 1.69. The Kier molecular flexibility index (Phi) is 5.00. The van der Waals surface area contributed by atoms with E-state index in [-0.39, 0.29) is 5.56 Å². The summed E-state index contributed by atoms with van der Waals surface area (Å²) in [7, 11) is 0. The lowest BCUT2D eigenvalue weighted by molar-refractivity contribution is 0.0949. The Morgan fingerprint density at radius 3 is 2.60 bits per heavy atom. The van der Waals surface area contributed by atoms with Gasteiger partial charge < -0.3 is 10.6 Å². The van der Waals surface area contributed by atoms with Crippen LogP contribution in [0.25, 0.3) is 0 Å². The molecule has 0 spiro atoms. The molecule has 104 valence electrons. The number of aromatic nitrogens is 2. The number of anilines is 1. The van der Waals surface area contributed by atoms with E-state index >= 15 is 0 Å². The first-order valence-electron chi connectivity index (χ1n) is 6.31. The van der Waals surface area contributed by atoms with Crippen LogP contribution < -0.4 is 10.6 Å². The van der Waals surface area contributed by atoms with Gasteiger partial charge in [-0.2, -0.15) is 0 Å². The summed E-state index contributed by atoms with van der Waals surface area (Å²) in [5.74, 6) is -0.368. The number of benzene rings is 1. The summed E-state index contributed by atoms with van der Waals surface area (Å²) in [5, 5.41) is 5.69. The maximum atomic E-state index is 13.3. The first kappa shape index (κ1) is 13.9. The fourth-order valence-corrected chi connectivity index (χ4v) is 1.62. The molecule has 0 saturated carbocycles. The van der Waals surface area contributed by atoms with Gasteiger partial charge in [-0.25, -0.2) is 14.4 Å². The highest BCUT2D eigenvalue weighted by Gasteiger charge is 2.09. The van der Waals surface area contributed by atoms with Crippen molar-refractivity contribution in [2.24, 2.45) is 0 Å². The SMILES string of the molecule is O=C(NCCCNc1ncccn1)c1ccccc1F. The minimum Gasteiger partial charge on any atom is -0.354 e. The number of amides is 1. The molecule has 2 aromatic rings. The van der Waals surface area contributed by atoms with Crippen LogP contribution in [0.5, 0.6) is 0 Å². The third-order valence-electron chi connectivity index (χ3n) is 2.61. The van der Waals surface area contributed by atoms with E-state index in [2.05, 4.69) is 20.6 Å². The molecule has 1 aromatic carbocycles. The second kappa shape index (κ2) is 7.18. The fraction of sp³-hybridized carbons (Fsp3) is 0.214. The van der Waals surface area contributed by atoms with Crippen molar-refractivity contribution in [3.8, 4) is 0 Å².